The van der Waals surface area contributed by atoms with E-state index >= 15 is 0 Å². The van der Waals surface area contributed by atoms with Crippen molar-refractivity contribution in [2.75, 3.05) is 11.9 Å². The molecule has 76 valence electrons. The fourth-order valence-corrected chi connectivity index (χ4v) is 4.76. The fraction of sp³-hybridized carbons (Fsp3) is 0.545. The van der Waals surface area contributed by atoms with Crippen LogP contribution in [-0.2, 0) is 6.42 Å². The van der Waals surface area contributed by atoms with Gasteiger partial charge in [0, 0.05) is 0 Å². The minimum absolute atomic E-state index is 1.10. The summed E-state index contributed by atoms with van der Waals surface area (Å²) in [6, 6.07) is 4.45. The van der Waals surface area contributed by atoms with Crippen LogP contribution >= 0.6 is 0 Å². The Morgan fingerprint density at radius 3 is 2.79 bits per heavy atom. The molecule has 2 nitrogen and oxygen atoms in total. The molecule has 3 heteroatoms. The van der Waals surface area contributed by atoms with Gasteiger partial charge in [-0.2, -0.15) is 0 Å². The zero-order chi connectivity index (χ0) is 10.2. The van der Waals surface area contributed by atoms with Crippen molar-refractivity contribution in [2.24, 2.45) is 0 Å². The van der Waals surface area contributed by atoms with Crippen LogP contribution in [0, 0.1) is 0 Å². The van der Waals surface area contributed by atoms with Gasteiger partial charge in [0.2, 0.25) is 0 Å². The first-order valence-corrected chi connectivity index (χ1v) is 15.3. The number of aromatic nitrogens is 1. The first-order chi connectivity index (χ1) is 6.57. The Labute approximate surface area is 90.0 Å². The fourth-order valence-electron chi connectivity index (χ4n) is 1.75. The van der Waals surface area contributed by atoms with Crippen LogP contribution in [-0.4, -0.2) is 29.9 Å². The van der Waals surface area contributed by atoms with Crippen molar-refractivity contribution in [1.29, 1.82) is 0 Å². The van der Waals surface area contributed by atoms with Crippen LogP contribution in [0.4, 0.5) is 5.69 Å². The molecule has 0 radical (unpaired) electrons. The molecule has 0 bridgehead atoms. The first-order valence-electron chi connectivity index (χ1n) is 5.32. The number of fused-ring (bicyclic) bond motifs is 1. The zero-order valence-corrected chi connectivity index (χ0v) is 12.1. The Balaban J connectivity index is 2.39. The average molecular weight is 297 g/mol. The van der Waals surface area contributed by atoms with Gasteiger partial charge in [-0.1, -0.05) is 0 Å². The van der Waals surface area contributed by atoms with Crippen molar-refractivity contribution in [1.82, 2.24) is 4.98 Å². The molecule has 1 aliphatic rings. The van der Waals surface area contributed by atoms with Gasteiger partial charge in [-0.3, -0.25) is 0 Å². The first kappa shape index (κ1) is 10.3. The second-order valence-electron chi connectivity index (χ2n) is 4.97. The molecule has 0 unspecified atom stereocenters. The number of hydrogen-bond donors (Lipinski definition) is 1. The van der Waals surface area contributed by atoms with Gasteiger partial charge in [0.15, 0.2) is 0 Å². The molecule has 1 aromatic heterocycles. The van der Waals surface area contributed by atoms with E-state index in [2.05, 4.69) is 32.3 Å². The van der Waals surface area contributed by atoms with Crippen molar-refractivity contribution in [2.45, 2.75) is 27.7 Å². The van der Waals surface area contributed by atoms with Crippen LogP contribution in [0.25, 0.3) is 0 Å². The second kappa shape index (κ2) is 3.72. The molecular weight excluding hydrogens is 279 g/mol. The van der Waals surface area contributed by atoms with Gasteiger partial charge in [0.05, 0.1) is 0 Å². The third kappa shape index (κ3) is 2.05. The summed E-state index contributed by atoms with van der Waals surface area (Å²) >= 11 is -1.94. The molecule has 0 atom stereocenters. The second-order valence-corrected chi connectivity index (χ2v) is 19.3. The van der Waals surface area contributed by atoms with Crippen molar-refractivity contribution in [3.8, 4) is 0 Å². The van der Waals surface area contributed by atoms with Crippen LogP contribution in [0.2, 0.25) is 14.8 Å². The number of rotatable bonds is 1. The molecule has 14 heavy (non-hydrogen) atoms. The maximum absolute atomic E-state index is 4.82. The topological polar surface area (TPSA) is 24.9 Å². The minimum atomic E-state index is -1.94. The molecular formula is C11H18N2Sn. The average Bonchev–Trinajstić information content (AvgIpc) is 2.16. The number of nitrogens with one attached hydrogen (secondary N) is 1. The summed E-state index contributed by atoms with van der Waals surface area (Å²) in [7, 11) is 0. The summed E-state index contributed by atoms with van der Waals surface area (Å²) < 4.78 is 1.40. The normalized spacial score (nSPS) is 15.9. The summed E-state index contributed by atoms with van der Waals surface area (Å²) in [5.41, 5.74) is 2.55. The van der Waals surface area contributed by atoms with Gasteiger partial charge in [-0.15, -0.1) is 0 Å². The molecule has 0 saturated heterocycles. The monoisotopic (exact) mass is 298 g/mol. The van der Waals surface area contributed by atoms with Crippen molar-refractivity contribution < 1.29 is 0 Å². The quantitative estimate of drug-likeness (QED) is 0.802. The van der Waals surface area contributed by atoms with Crippen LogP contribution in [0.3, 0.4) is 0 Å². The van der Waals surface area contributed by atoms with Crippen molar-refractivity contribution >= 4 is 27.8 Å². The zero-order valence-electron chi connectivity index (χ0n) is 9.22. The summed E-state index contributed by atoms with van der Waals surface area (Å²) in [6.45, 7) is 1.10. The number of hydrogen-bond acceptors (Lipinski definition) is 2. The maximum atomic E-state index is 4.82. The molecule has 2 rings (SSSR count). The van der Waals surface area contributed by atoms with E-state index in [9.17, 15) is 0 Å². The number of nitrogens with zero attached hydrogens (tertiary/aromatic N) is 1. The Morgan fingerprint density at radius 1 is 1.29 bits per heavy atom. The van der Waals surface area contributed by atoms with Crippen LogP contribution in [0.5, 0.6) is 0 Å². The Morgan fingerprint density at radius 2 is 2.07 bits per heavy atom. The van der Waals surface area contributed by atoms with Crippen molar-refractivity contribution in [3.63, 3.8) is 0 Å². The Kier molecular flexibility index (Phi) is 2.73. The summed E-state index contributed by atoms with van der Waals surface area (Å²) in [5.74, 6) is 0. The summed E-state index contributed by atoms with van der Waals surface area (Å²) in [6.07, 6.45) is 2.38. The van der Waals surface area contributed by atoms with E-state index in [1.54, 1.807) is 0 Å². The molecule has 1 aromatic rings. The van der Waals surface area contributed by atoms with Crippen LogP contribution in [0.1, 0.15) is 12.1 Å². The van der Waals surface area contributed by atoms with E-state index in [-0.39, 0.29) is 0 Å². The number of anilines is 1. The van der Waals surface area contributed by atoms with E-state index in [4.69, 9.17) is 4.98 Å². The van der Waals surface area contributed by atoms with Gasteiger partial charge in [0.1, 0.15) is 0 Å². The van der Waals surface area contributed by atoms with E-state index in [1.807, 2.05) is 0 Å². The number of pyridine rings is 1. The van der Waals surface area contributed by atoms with Gasteiger partial charge in [0.25, 0.3) is 0 Å². The van der Waals surface area contributed by atoms with E-state index in [0.717, 1.165) is 13.0 Å². The van der Waals surface area contributed by atoms with E-state index < -0.39 is 18.4 Å². The standard InChI is InChI=1S/C8H9N2.3CH3.Sn/c1-3-7-8(9-5-1)4-2-6-10-7;;;;/h1,3,10H,2,4,6H2;3*1H3;. The molecule has 1 N–H and O–H groups in total. The Bertz CT molecular complexity index is 342. The predicted octanol–water partition coefficient (Wildman–Crippen LogP) is 1.98. The van der Waals surface area contributed by atoms with Crippen LogP contribution in [0.15, 0.2) is 12.1 Å². The third-order valence-electron chi connectivity index (χ3n) is 2.65. The molecule has 0 fully saturated rings. The molecule has 0 aromatic carbocycles. The SMILES string of the molecule is [CH3][Sn]([CH3])([CH3])[c]1ccc2c(n1)CCCN2. The van der Waals surface area contributed by atoms with E-state index in [0.29, 0.717) is 0 Å². The molecule has 2 heterocycles. The Hall–Kier alpha value is -0.251. The van der Waals surface area contributed by atoms with Crippen molar-refractivity contribution in [3.05, 3.63) is 17.8 Å². The summed E-state index contributed by atoms with van der Waals surface area (Å²) in [4.78, 5) is 12.1. The molecule has 1 aliphatic heterocycles. The molecule has 0 spiro atoms. The summed E-state index contributed by atoms with van der Waals surface area (Å²) in [5, 5.41) is 3.40. The molecule has 0 aliphatic carbocycles. The van der Waals surface area contributed by atoms with Crippen LogP contribution < -0.4 is 9.03 Å². The molecule has 0 saturated carbocycles. The third-order valence-corrected chi connectivity index (χ3v) is 7.83. The number of aryl methyl sites for hydroxylation is 1. The van der Waals surface area contributed by atoms with Gasteiger partial charge in [-0.05, 0) is 0 Å². The predicted molar refractivity (Wildman–Crippen MR) is 64.0 cm³/mol. The molecule has 0 amide bonds. The van der Waals surface area contributed by atoms with Gasteiger partial charge >= 0.3 is 90.1 Å². The van der Waals surface area contributed by atoms with E-state index in [1.165, 1.54) is 21.5 Å². The van der Waals surface area contributed by atoms with Gasteiger partial charge < -0.3 is 0 Å². The van der Waals surface area contributed by atoms with Gasteiger partial charge in [-0.25, -0.2) is 0 Å².